The van der Waals surface area contributed by atoms with Crippen LogP contribution < -0.4 is 0 Å². The fraction of sp³-hybridized carbons (Fsp3) is 0. The van der Waals surface area contributed by atoms with Gasteiger partial charge in [0.15, 0.2) is 0 Å². The summed E-state index contributed by atoms with van der Waals surface area (Å²) in [6.45, 7) is 0. The Morgan fingerprint density at radius 2 is 0.578 bits per heavy atom. The molecule has 0 fully saturated rings. The Morgan fingerprint density at radius 1 is 0.250 bits per heavy atom. The van der Waals surface area contributed by atoms with Gasteiger partial charge in [0.25, 0.3) is 0 Å². The SMILES string of the molecule is c1ccc(-c2cc(-c3cccc(-n4c5ccccc5c5ccccc54)c3)nc3c2ccc2c(-c4ccccc4)cc(-c4cccc(-n5c6ccccc6c6ccccc65)c4)nc23)cc1. The molecule has 0 amide bonds. The van der Waals surface area contributed by atoms with E-state index in [4.69, 9.17) is 9.97 Å². The van der Waals surface area contributed by atoms with Crippen molar-refractivity contribution in [3.8, 4) is 56.1 Å². The summed E-state index contributed by atoms with van der Waals surface area (Å²) < 4.78 is 4.74. The molecule has 0 saturated heterocycles. The molecule has 4 nitrogen and oxygen atoms in total. The van der Waals surface area contributed by atoms with E-state index in [2.05, 4.69) is 240 Å². The van der Waals surface area contributed by atoms with Gasteiger partial charge in [-0.2, -0.15) is 0 Å². The molecule has 0 aliphatic carbocycles. The van der Waals surface area contributed by atoms with Crippen LogP contribution in [0.25, 0.3) is 122 Å². The highest BCUT2D eigenvalue weighted by molar-refractivity contribution is 6.14. The van der Waals surface area contributed by atoms with Crippen LogP contribution in [0.2, 0.25) is 0 Å². The van der Waals surface area contributed by atoms with E-state index >= 15 is 0 Å². The van der Waals surface area contributed by atoms with Crippen LogP contribution in [0.5, 0.6) is 0 Å². The standard InChI is InChI=1S/C60H38N4/c1-3-17-39(18-4-1)51-37-53(41-21-15-23-43(35-41)63-55-29-11-7-25-45(55)46-26-8-12-30-56(46)63)61-59-49(51)33-34-50-52(40-19-5-2-6-20-40)38-54(62-60(50)59)42-22-16-24-44(36-42)64-57-31-13-9-27-47(57)48-28-10-14-32-58(48)64/h1-38H. The number of aromatic nitrogens is 4. The van der Waals surface area contributed by atoms with Crippen molar-refractivity contribution in [2.45, 2.75) is 0 Å². The molecule has 298 valence electrons. The zero-order valence-corrected chi connectivity index (χ0v) is 34.7. The minimum atomic E-state index is 0.869. The van der Waals surface area contributed by atoms with Crippen molar-refractivity contribution in [3.05, 3.63) is 231 Å². The van der Waals surface area contributed by atoms with Crippen molar-refractivity contribution in [2.24, 2.45) is 0 Å². The molecule has 4 aromatic heterocycles. The highest BCUT2D eigenvalue weighted by Crippen LogP contribution is 2.41. The van der Waals surface area contributed by atoms with Gasteiger partial charge in [-0.25, -0.2) is 9.97 Å². The van der Waals surface area contributed by atoms with Gasteiger partial charge in [0, 0.05) is 54.8 Å². The van der Waals surface area contributed by atoms with Gasteiger partial charge in [0.2, 0.25) is 0 Å². The van der Waals surface area contributed by atoms with Crippen LogP contribution in [0.15, 0.2) is 231 Å². The van der Waals surface area contributed by atoms with Crippen molar-refractivity contribution in [1.29, 1.82) is 0 Å². The highest BCUT2D eigenvalue weighted by atomic mass is 15.0. The van der Waals surface area contributed by atoms with Crippen molar-refractivity contribution in [2.75, 3.05) is 0 Å². The predicted molar refractivity (Wildman–Crippen MR) is 267 cm³/mol. The molecule has 0 N–H and O–H groups in total. The topological polar surface area (TPSA) is 35.6 Å². The number of nitrogens with zero attached hydrogens (tertiary/aromatic N) is 4. The second-order valence-corrected chi connectivity index (χ2v) is 16.5. The molecular weight excluding hydrogens is 777 g/mol. The van der Waals surface area contributed by atoms with Crippen molar-refractivity contribution >= 4 is 65.4 Å². The first-order valence-corrected chi connectivity index (χ1v) is 21.8. The molecule has 0 bridgehead atoms. The summed E-state index contributed by atoms with van der Waals surface area (Å²) in [5, 5.41) is 7.07. The van der Waals surface area contributed by atoms with E-state index in [0.717, 1.165) is 77.9 Å². The lowest BCUT2D eigenvalue weighted by atomic mass is 9.93. The van der Waals surface area contributed by atoms with Crippen LogP contribution in [-0.2, 0) is 0 Å². The number of hydrogen-bond acceptors (Lipinski definition) is 2. The molecule has 0 spiro atoms. The Morgan fingerprint density at radius 3 is 0.953 bits per heavy atom. The summed E-state index contributed by atoms with van der Waals surface area (Å²) >= 11 is 0. The fourth-order valence-electron chi connectivity index (χ4n) is 9.99. The van der Waals surface area contributed by atoms with E-state index in [1.807, 2.05) is 0 Å². The number of benzene rings is 9. The second-order valence-electron chi connectivity index (χ2n) is 16.5. The predicted octanol–water partition coefficient (Wildman–Crippen LogP) is 15.6. The highest BCUT2D eigenvalue weighted by Gasteiger charge is 2.19. The summed E-state index contributed by atoms with van der Waals surface area (Å²) in [5.74, 6) is 0. The largest absolute Gasteiger partial charge is 0.309 e. The summed E-state index contributed by atoms with van der Waals surface area (Å²) in [5.41, 5.74) is 17.0. The first-order valence-electron chi connectivity index (χ1n) is 21.8. The van der Waals surface area contributed by atoms with Crippen LogP contribution in [0.4, 0.5) is 0 Å². The molecule has 4 heterocycles. The lowest BCUT2D eigenvalue weighted by molar-refractivity contribution is 1.18. The second kappa shape index (κ2) is 14.5. The maximum absolute atomic E-state index is 5.63. The van der Waals surface area contributed by atoms with Gasteiger partial charge in [0.05, 0.1) is 44.5 Å². The van der Waals surface area contributed by atoms with Gasteiger partial charge in [-0.15, -0.1) is 0 Å². The van der Waals surface area contributed by atoms with Crippen LogP contribution >= 0.6 is 0 Å². The van der Waals surface area contributed by atoms with Crippen molar-refractivity contribution < 1.29 is 0 Å². The number of rotatable bonds is 6. The quantitative estimate of drug-likeness (QED) is 0.157. The summed E-state index contributed by atoms with van der Waals surface area (Å²) in [7, 11) is 0. The normalized spacial score (nSPS) is 11.8. The Balaban J connectivity index is 1.06. The molecule has 0 atom stereocenters. The maximum atomic E-state index is 5.63. The van der Waals surface area contributed by atoms with Gasteiger partial charge in [-0.3, -0.25) is 0 Å². The molecule has 13 aromatic rings. The first-order chi connectivity index (χ1) is 31.7. The number of pyridine rings is 2. The first kappa shape index (κ1) is 36.1. The smallest absolute Gasteiger partial charge is 0.0978 e. The van der Waals surface area contributed by atoms with E-state index in [0.29, 0.717) is 0 Å². The summed E-state index contributed by atoms with van der Waals surface area (Å²) in [6.07, 6.45) is 0. The van der Waals surface area contributed by atoms with E-state index in [1.165, 1.54) is 43.6 Å². The van der Waals surface area contributed by atoms with E-state index in [9.17, 15) is 0 Å². The number of fused-ring (bicyclic) bond motifs is 9. The van der Waals surface area contributed by atoms with Crippen LogP contribution in [0.3, 0.4) is 0 Å². The van der Waals surface area contributed by atoms with Crippen molar-refractivity contribution in [3.63, 3.8) is 0 Å². The van der Waals surface area contributed by atoms with Gasteiger partial charge < -0.3 is 9.13 Å². The molecule has 64 heavy (non-hydrogen) atoms. The van der Waals surface area contributed by atoms with Crippen LogP contribution in [-0.4, -0.2) is 19.1 Å². The maximum Gasteiger partial charge on any atom is 0.0978 e. The molecule has 0 radical (unpaired) electrons. The monoisotopic (exact) mass is 814 g/mol. The third kappa shape index (κ3) is 5.70. The minimum absolute atomic E-state index is 0.869. The van der Waals surface area contributed by atoms with Crippen LogP contribution in [0, 0.1) is 0 Å². The van der Waals surface area contributed by atoms with E-state index in [1.54, 1.807) is 0 Å². The van der Waals surface area contributed by atoms with Gasteiger partial charge in [0.1, 0.15) is 0 Å². The Kier molecular flexibility index (Phi) is 8.18. The lowest BCUT2D eigenvalue weighted by Gasteiger charge is -2.16. The summed E-state index contributed by atoms with van der Waals surface area (Å²) in [4.78, 5) is 11.3. The van der Waals surface area contributed by atoms with Gasteiger partial charge in [-0.05, 0) is 82.9 Å². The molecule has 4 heteroatoms. The Labute approximate surface area is 369 Å². The third-order valence-corrected chi connectivity index (χ3v) is 12.9. The zero-order chi connectivity index (χ0) is 42.1. The van der Waals surface area contributed by atoms with E-state index < -0.39 is 0 Å². The molecule has 0 aliphatic rings. The average molecular weight is 815 g/mol. The minimum Gasteiger partial charge on any atom is -0.309 e. The molecule has 13 rings (SSSR count). The molecule has 9 aromatic carbocycles. The zero-order valence-electron chi connectivity index (χ0n) is 34.7. The summed E-state index contributed by atoms with van der Waals surface area (Å²) in [6, 6.07) is 82.6. The molecule has 0 saturated carbocycles. The lowest BCUT2D eigenvalue weighted by Crippen LogP contribution is -1.98. The van der Waals surface area contributed by atoms with Gasteiger partial charge >= 0.3 is 0 Å². The number of hydrogen-bond donors (Lipinski definition) is 0. The fourth-order valence-corrected chi connectivity index (χ4v) is 9.99. The van der Waals surface area contributed by atoms with E-state index in [-0.39, 0.29) is 0 Å². The van der Waals surface area contributed by atoms with Crippen molar-refractivity contribution in [1.82, 2.24) is 19.1 Å². The average Bonchev–Trinajstić information content (AvgIpc) is 3.89. The molecule has 0 unspecified atom stereocenters. The van der Waals surface area contributed by atoms with Gasteiger partial charge in [-0.1, -0.05) is 170 Å². The molecule has 0 aliphatic heterocycles. The molecular formula is C60H38N4. The number of para-hydroxylation sites is 4. The third-order valence-electron chi connectivity index (χ3n) is 12.9. The van der Waals surface area contributed by atoms with Crippen LogP contribution in [0.1, 0.15) is 0 Å². The Bertz CT molecular complexity index is 3590. The Hall–Kier alpha value is -8.60.